The number of carbonyl (C=O) groups excluding carboxylic acids is 2. The quantitative estimate of drug-likeness (QED) is 0.338. The molecule has 7 heteroatoms. The van der Waals surface area contributed by atoms with Crippen LogP contribution in [0, 0.1) is 18.3 Å². The van der Waals surface area contributed by atoms with Crippen LogP contribution in [0.15, 0.2) is 54.6 Å². The molecule has 2 atom stereocenters. The van der Waals surface area contributed by atoms with E-state index in [-0.39, 0.29) is 16.9 Å². The van der Waals surface area contributed by atoms with Gasteiger partial charge >= 0.3 is 6.03 Å². The largest absolute Gasteiger partial charge is 0.336 e. The molecule has 3 amide bonds. The van der Waals surface area contributed by atoms with Crippen molar-refractivity contribution in [2.75, 3.05) is 10.6 Å². The zero-order chi connectivity index (χ0) is 28.9. The lowest BCUT2D eigenvalue weighted by molar-refractivity contribution is -0.141. The lowest BCUT2D eigenvalue weighted by Crippen LogP contribution is -2.49. The number of aromatic nitrogens is 2. The molecule has 3 aliphatic rings. The molecular weight excluding hydrogens is 510 g/mol. The summed E-state index contributed by atoms with van der Waals surface area (Å²) in [5, 5.41) is 10.9. The normalized spacial score (nSPS) is 22.9. The fourth-order valence-electron chi connectivity index (χ4n) is 6.61. The Kier molecular flexibility index (Phi) is 6.95. The number of amides is 3. The highest BCUT2D eigenvalue weighted by Gasteiger charge is 2.53. The molecule has 0 spiro atoms. The number of aryl methyl sites for hydroxylation is 1. The van der Waals surface area contributed by atoms with Crippen LogP contribution in [-0.2, 0) is 16.6 Å². The van der Waals surface area contributed by atoms with Gasteiger partial charge < -0.3 is 10.2 Å². The van der Waals surface area contributed by atoms with Gasteiger partial charge in [-0.2, -0.15) is 5.10 Å². The van der Waals surface area contributed by atoms with Crippen molar-refractivity contribution in [2.24, 2.45) is 11.3 Å². The Morgan fingerprint density at radius 1 is 0.976 bits per heavy atom. The second kappa shape index (κ2) is 10.3. The van der Waals surface area contributed by atoms with Crippen molar-refractivity contribution in [3.05, 3.63) is 71.4 Å². The number of carbonyl (C=O) groups is 2. The highest BCUT2D eigenvalue weighted by Crippen LogP contribution is 2.50. The molecule has 1 saturated carbocycles. The molecule has 1 aliphatic carbocycles. The monoisotopic (exact) mass is 553 g/mol. The van der Waals surface area contributed by atoms with Crippen molar-refractivity contribution >= 4 is 23.4 Å². The van der Waals surface area contributed by atoms with Crippen LogP contribution in [0.4, 0.5) is 16.3 Å². The van der Waals surface area contributed by atoms with E-state index in [1.54, 1.807) is 4.68 Å². The highest BCUT2D eigenvalue weighted by atomic mass is 16.2. The second-order valence-electron chi connectivity index (χ2n) is 13.9. The summed E-state index contributed by atoms with van der Waals surface area (Å²) in [6.07, 6.45) is 7.50. The van der Waals surface area contributed by atoms with Crippen molar-refractivity contribution < 1.29 is 9.59 Å². The van der Waals surface area contributed by atoms with Crippen molar-refractivity contribution in [3.63, 3.8) is 0 Å². The number of rotatable bonds is 6. The number of urea groups is 1. The van der Waals surface area contributed by atoms with Crippen LogP contribution < -0.4 is 10.6 Å². The Morgan fingerprint density at radius 3 is 2.29 bits per heavy atom. The number of hydrogen-bond acceptors (Lipinski definition) is 3. The van der Waals surface area contributed by atoms with Crippen molar-refractivity contribution in [3.8, 4) is 5.69 Å². The van der Waals surface area contributed by atoms with Gasteiger partial charge in [0.25, 0.3) is 0 Å². The summed E-state index contributed by atoms with van der Waals surface area (Å²) in [5.41, 5.74) is 4.73. The molecule has 216 valence electrons. The minimum atomic E-state index is -0.297. The van der Waals surface area contributed by atoms with Gasteiger partial charge in [0.2, 0.25) is 5.91 Å². The van der Waals surface area contributed by atoms with Crippen molar-refractivity contribution in [1.29, 1.82) is 0 Å². The molecule has 41 heavy (non-hydrogen) atoms. The van der Waals surface area contributed by atoms with Gasteiger partial charge in [0.15, 0.2) is 0 Å². The van der Waals surface area contributed by atoms with Gasteiger partial charge in [-0.1, -0.05) is 57.5 Å². The molecule has 2 saturated heterocycles. The summed E-state index contributed by atoms with van der Waals surface area (Å²) >= 11 is 0. The van der Waals surface area contributed by atoms with Crippen LogP contribution in [-0.4, -0.2) is 38.7 Å². The Bertz CT molecular complexity index is 1430. The second-order valence-corrected chi connectivity index (χ2v) is 13.9. The fourth-order valence-corrected chi connectivity index (χ4v) is 6.61. The van der Waals surface area contributed by atoms with E-state index >= 15 is 0 Å². The summed E-state index contributed by atoms with van der Waals surface area (Å²) in [6.45, 7) is 10.5. The maximum atomic E-state index is 13.2. The Morgan fingerprint density at radius 2 is 1.66 bits per heavy atom. The van der Waals surface area contributed by atoms with Crippen molar-refractivity contribution in [1.82, 2.24) is 14.7 Å². The lowest BCUT2D eigenvalue weighted by atomic mass is 9.85. The van der Waals surface area contributed by atoms with Crippen molar-refractivity contribution in [2.45, 2.75) is 97.1 Å². The third-order valence-electron chi connectivity index (χ3n) is 9.29. The van der Waals surface area contributed by atoms with E-state index in [4.69, 9.17) is 5.10 Å². The minimum absolute atomic E-state index is 0.0829. The number of benzene rings is 2. The van der Waals surface area contributed by atoms with E-state index in [0.717, 1.165) is 62.0 Å². The van der Waals surface area contributed by atoms with E-state index in [1.165, 1.54) is 11.1 Å². The summed E-state index contributed by atoms with van der Waals surface area (Å²) in [4.78, 5) is 28.5. The number of nitrogens with zero attached hydrogens (tertiary/aromatic N) is 3. The molecule has 2 bridgehead atoms. The first-order chi connectivity index (χ1) is 19.5. The van der Waals surface area contributed by atoms with E-state index in [9.17, 15) is 9.59 Å². The Hall–Kier alpha value is -3.61. The third-order valence-corrected chi connectivity index (χ3v) is 9.29. The summed E-state index contributed by atoms with van der Waals surface area (Å²) < 4.78 is 1.80. The SMILES string of the molecule is Cc1ccc(-n2nc(C(C)(C)C)cc2NC(=O)Nc2cccc(CC3CC4CCC(C3)N4C(=O)C3(C)CC3)c2)cc1. The van der Waals surface area contributed by atoms with Gasteiger partial charge in [0, 0.05) is 34.7 Å². The van der Waals surface area contributed by atoms with Crippen LogP contribution in [0.2, 0.25) is 0 Å². The topological polar surface area (TPSA) is 79.3 Å². The third kappa shape index (κ3) is 5.77. The first-order valence-corrected chi connectivity index (χ1v) is 15.2. The number of anilines is 2. The first kappa shape index (κ1) is 27.6. The molecule has 2 N–H and O–H groups in total. The lowest BCUT2D eigenvalue weighted by Gasteiger charge is -2.40. The molecule has 1 aromatic heterocycles. The maximum Gasteiger partial charge on any atom is 0.324 e. The van der Waals surface area contributed by atoms with Gasteiger partial charge in [-0.3, -0.25) is 10.1 Å². The fraction of sp³-hybridized carbons (Fsp3) is 0.500. The number of piperidine rings is 1. The zero-order valence-corrected chi connectivity index (χ0v) is 25.0. The molecule has 7 nitrogen and oxygen atoms in total. The van der Waals surface area contributed by atoms with Crippen LogP contribution in [0.25, 0.3) is 5.69 Å². The zero-order valence-electron chi connectivity index (χ0n) is 25.0. The van der Waals surface area contributed by atoms with Gasteiger partial charge in [-0.15, -0.1) is 0 Å². The summed E-state index contributed by atoms with van der Waals surface area (Å²) in [5.74, 6) is 1.59. The molecule has 2 aromatic carbocycles. The average Bonchev–Trinajstić information content (AvgIpc) is 3.43. The smallest absolute Gasteiger partial charge is 0.324 e. The Balaban J connectivity index is 1.11. The van der Waals surface area contributed by atoms with Gasteiger partial charge in [0.1, 0.15) is 5.82 Å². The van der Waals surface area contributed by atoms with Gasteiger partial charge in [0.05, 0.1) is 11.4 Å². The van der Waals surface area contributed by atoms with E-state index in [1.807, 2.05) is 42.5 Å². The molecule has 3 aromatic rings. The van der Waals surface area contributed by atoms with Crippen LogP contribution >= 0.6 is 0 Å². The summed E-state index contributed by atoms with van der Waals surface area (Å²) in [6, 6.07) is 18.7. The van der Waals surface area contributed by atoms with Crippen LogP contribution in [0.5, 0.6) is 0 Å². The molecule has 2 unspecified atom stereocenters. The Labute approximate surface area is 243 Å². The van der Waals surface area contributed by atoms with Crippen LogP contribution in [0.1, 0.15) is 83.0 Å². The standard InChI is InChI=1S/C34H43N5O2/c1-22-9-11-26(12-10-22)39-30(21-29(37-39)33(2,3)4)36-32(41)35-25-8-6-7-23(18-25)17-24-19-27-13-14-28(20-24)38(27)31(40)34(5)15-16-34/h6-12,18,21,24,27-28H,13-17,19-20H2,1-5H3,(H2,35,36,41). The molecule has 3 fully saturated rings. The molecule has 0 radical (unpaired) electrons. The highest BCUT2D eigenvalue weighted by molar-refractivity contribution is 5.99. The average molecular weight is 554 g/mol. The van der Waals surface area contributed by atoms with E-state index in [0.29, 0.717) is 29.7 Å². The number of hydrogen-bond donors (Lipinski definition) is 2. The molecular formula is C34H43N5O2. The van der Waals surface area contributed by atoms with Gasteiger partial charge in [-0.05, 0) is 87.6 Å². The predicted octanol–water partition coefficient (Wildman–Crippen LogP) is 7.23. The first-order valence-electron chi connectivity index (χ1n) is 15.2. The predicted molar refractivity (Wildman–Crippen MR) is 164 cm³/mol. The molecule has 2 aliphatic heterocycles. The van der Waals surface area contributed by atoms with E-state index < -0.39 is 0 Å². The molecule has 6 rings (SSSR count). The maximum absolute atomic E-state index is 13.2. The minimum Gasteiger partial charge on any atom is -0.336 e. The van der Waals surface area contributed by atoms with E-state index in [2.05, 4.69) is 62.3 Å². The van der Waals surface area contributed by atoms with Crippen LogP contribution in [0.3, 0.4) is 0 Å². The number of fused-ring (bicyclic) bond motifs is 2. The summed E-state index contributed by atoms with van der Waals surface area (Å²) in [7, 11) is 0. The van der Waals surface area contributed by atoms with Gasteiger partial charge in [-0.25, -0.2) is 9.48 Å². The molecule has 3 heterocycles. The number of nitrogens with one attached hydrogen (secondary N) is 2.